The molecule has 2 aromatic rings. The maximum absolute atomic E-state index is 12.0. The molecule has 0 fully saturated rings. The number of anilines is 1. The van der Waals surface area contributed by atoms with E-state index in [0.29, 0.717) is 17.0 Å². The number of ether oxygens (including phenoxy) is 2. The van der Waals surface area contributed by atoms with E-state index in [1.165, 1.54) is 6.08 Å². The van der Waals surface area contributed by atoms with Gasteiger partial charge in [0.2, 0.25) is 0 Å². The van der Waals surface area contributed by atoms with Gasteiger partial charge in [-0.2, -0.15) is 5.26 Å². The molecule has 0 aliphatic rings. The van der Waals surface area contributed by atoms with Crippen LogP contribution in [0.25, 0.3) is 6.08 Å². The lowest BCUT2D eigenvalue weighted by molar-refractivity contribution is -0.142. The second kappa shape index (κ2) is 9.58. The zero-order chi connectivity index (χ0) is 18.9. The summed E-state index contributed by atoms with van der Waals surface area (Å²) in [5.41, 5.74) is 1.04. The topological polar surface area (TPSA) is 88.4 Å². The molecule has 0 heterocycles. The molecular weight excluding hydrogens is 447 g/mol. The number of nitriles is 1. The molecule has 0 saturated heterocycles. The third kappa shape index (κ3) is 5.89. The first-order valence-electron chi connectivity index (χ1n) is 7.50. The van der Waals surface area contributed by atoms with Crippen molar-refractivity contribution in [1.29, 1.82) is 5.26 Å². The largest absolute Gasteiger partial charge is 0.497 e. The van der Waals surface area contributed by atoms with Gasteiger partial charge in [0, 0.05) is 9.26 Å². The van der Waals surface area contributed by atoms with Gasteiger partial charge in [0.15, 0.2) is 6.61 Å². The molecule has 1 amide bonds. The van der Waals surface area contributed by atoms with Crippen molar-refractivity contribution in [3.8, 4) is 11.8 Å². The van der Waals surface area contributed by atoms with Gasteiger partial charge in [0.1, 0.15) is 17.4 Å². The third-order valence-electron chi connectivity index (χ3n) is 3.23. The Morgan fingerprint density at radius 2 is 1.81 bits per heavy atom. The first kappa shape index (κ1) is 19.5. The van der Waals surface area contributed by atoms with Gasteiger partial charge >= 0.3 is 5.97 Å². The van der Waals surface area contributed by atoms with Crippen LogP contribution in [0.3, 0.4) is 0 Å². The maximum atomic E-state index is 12.0. The summed E-state index contributed by atoms with van der Waals surface area (Å²) >= 11 is 2.15. The van der Waals surface area contributed by atoms with E-state index in [0.717, 1.165) is 3.57 Å². The summed E-state index contributed by atoms with van der Waals surface area (Å²) in [6.07, 6.45) is 1.39. The number of nitrogens with one attached hydrogen (secondary N) is 1. The Balaban J connectivity index is 1.93. The standard InChI is InChI=1S/C19H15IN2O4/c1-25-17-8-2-13(3-9-17)10-14(11-21)19(24)26-12-18(23)22-16-6-4-15(20)5-7-16/h2-10H,12H2,1H3,(H,22,23)/b14-10+. The molecule has 0 aliphatic heterocycles. The zero-order valence-corrected chi connectivity index (χ0v) is 16.0. The highest BCUT2D eigenvalue weighted by atomic mass is 127. The molecule has 6 nitrogen and oxygen atoms in total. The van der Waals surface area contributed by atoms with Crippen molar-refractivity contribution < 1.29 is 19.1 Å². The Morgan fingerprint density at radius 3 is 2.38 bits per heavy atom. The number of nitrogens with zero attached hydrogens (tertiary/aromatic N) is 1. The van der Waals surface area contributed by atoms with Crippen LogP contribution in [0.2, 0.25) is 0 Å². The fraction of sp³-hybridized carbons (Fsp3) is 0.105. The maximum Gasteiger partial charge on any atom is 0.349 e. The Labute approximate surface area is 164 Å². The number of esters is 1. The average Bonchev–Trinajstić information content (AvgIpc) is 2.66. The first-order valence-corrected chi connectivity index (χ1v) is 8.58. The van der Waals surface area contributed by atoms with Gasteiger partial charge in [0.05, 0.1) is 7.11 Å². The lowest BCUT2D eigenvalue weighted by atomic mass is 10.1. The van der Waals surface area contributed by atoms with Crippen LogP contribution in [0.4, 0.5) is 5.69 Å². The molecule has 0 radical (unpaired) electrons. The number of halogens is 1. The van der Waals surface area contributed by atoms with Crippen LogP contribution in [0, 0.1) is 14.9 Å². The highest BCUT2D eigenvalue weighted by Crippen LogP contribution is 2.14. The highest BCUT2D eigenvalue weighted by Gasteiger charge is 2.13. The number of carbonyl (C=O) groups excluding carboxylic acids is 2. The molecule has 0 unspecified atom stereocenters. The molecule has 26 heavy (non-hydrogen) atoms. The summed E-state index contributed by atoms with van der Waals surface area (Å²) in [6, 6.07) is 15.8. The van der Waals surface area contributed by atoms with Crippen LogP contribution in [-0.2, 0) is 14.3 Å². The SMILES string of the molecule is COc1ccc(/C=C(\C#N)C(=O)OCC(=O)Nc2ccc(I)cc2)cc1. The number of carbonyl (C=O) groups is 2. The van der Waals surface area contributed by atoms with Crippen LogP contribution in [0.5, 0.6) is 5.75 Å². The molecule has 0 spiro atoms. The van der Waals surface area contributed by atoms with Crippen LogP contribution in [-0.4, -0.2) is 25.6 Å². The molecular formula is C19H15IN2O4. The van der Waals surface area contributed by atoms with E-state index >= 15 is 0 Å². The summed E-state index contributed by atoms with van der Waals surface area (Å²) < 4.78 is 11.0. The normalized spacial score (nSPS) is 10.6. The van der Waals surface area contributed by atoms with E-state index in [1.54, 1.807) is 49.6 Å². The predicted octanol–water partition coefficient (Wildman–Crippen LogP) is 3.39. The van der Waals surface area contributed by atoms with E-state index in [2.05, 4.69) is 27.9 Å². The van der Waals surface area contributed by atoms with E-state index < -0.39 is 18.5 Å². The quantitative estimate of drug-likeness (QED) is 0.308. The van der Waals surface area contributed by atoms with Crippen molar-refractivity contribution in [3.63, 3.8) is 0 Å². The Kier molecular flexibility index (Phi) is 7.17. The molecule has 0 aromatic heterocycles. The lowest BCUT2D eigenvalue weighted by Gasteiger charge is -2.06. The van der Waals surface area contributed by atoms with Crippen molar-refractivity contribution in [2.24, 2.45) is 0 Å². The summed E-state index contributed by atoms with van der Waals surface area (Å²) in [5, 5.41) is 11.7. The Morgan fingerprint density at radius 1 is 1.15 bits per heavy atom. The number of hydrogen-bond donors (Lipinski definition) is 1. The molecule has 2 aromatic carbocycles. The van der Waals surface area contributed by atoms with E-state index in [1.807, 2.05) is 12.1 Å². The van der Waals surface area contributed by atoms with Crippen LogP contribution >= 0.6 is 22.6 Å². The van der Waals surface area contributed by atoms with Gasteiger partial charge in [-0.15, -0.1) is 0 Å². The predicted molar refractivity (Wildman–Crippen MR) is 105 cm³/mol. The smallest absolute Gasteiger partial charge is 0.349 e. The minimum absolute atomic E-state index is 0.197. The van der Waals surface area contributed by atoms with Gasteiger partial charge in [-0.05, 0) is 70.6 Å². The second-order valence-corrected chi connectivity index (χ2v) is 6.32. The van der Waals surface area contributed by atoms with Crippen LogP contribution in [0.15, 0.2) is 54.1 Å². The van der Waals surface area contributed by atoms with Gasteiger partial charge in [-0.1, -0.05) is 12.1 Å². The summed E-state index contributed by atoms with van der Waals surface area (Å²) in [4.78, 5) is 23.8. The molecule has 7 heteroatoms. The van der Waals surface area contributed by atoms with Crippen molar-refractivity contribution in [2.75, 3.05) is 19.0 Å². The van der Waals surface area contributed by atoms with E-state index in [9.17, 15) is 9.59 Å². The number of methoxy groups -OCH3 is 1. The van der Waals surface area contributed by atoms with Gasteiger partial charge in [-0.25, -0.2) is 4.79 Å². The molecule has 0 aliphatic carbocycles. The minimum atomic E-state index is -0.860. The van der Waals surface area contributed by atoms with Gasteiger partial charge < -0.3 is 14.8 Å². The van der Waals surface area contributed by atoms with Crippen LogP contribution in [0.1, 0.15) is 5.56 Å². The monoisotopic (exact) mass is 462 g/mol. The summed E-state index contributed by atoms with van der Waals surface area (Å²) in [5.74, 6) is -0.683. The lowest BCUT2D eigenvalue weighted by Crippen LogP contribution is -2.21. The number of hydrogen-bond acceptors (Lipinski definition) is 5. The Hall–Kier alpha value is -2.86. The fourth-order valence-electron chi connectivity index (χ4n) is 1.94. The first-order chi connectivity index (χ1) is 12.5. The van der Waals surface area contributed by atoms with E-state index in [-0.39, 0.29) is 5.57 Å². The summed E-state index contributed by atoms with van der Waals surface area (Å²) in [6.45, 7) is -0.480. The second-order valence-electron chi connectivity index (χ2n) is 5.07. The molecule has 0 saturated carbocycles. The van der Waals surface area contributed by atoms with Crippen molar-refractivity contribution in [1.82, 2.24) is 0 Å². The highest BCUT2D eigenvalue weighted by molar-refractivity contribution is 14.1. The summed E-state index contributed by atoms with van der Waals surface area (Å²) in [7, 11) is 1.55. The molecule has 0 atom stereocenters. The van der Waals surface area contributed by atoms with Crippen LogP contribution < -0.4 is 10.1 Å². The third-order valence-corrected chi connectivity index (χ3v) is 3.95. The minimum Gasteiger partial charge on any atom is -0.497 e. The fourth-order valence-corrected chi connectivity index (χ4v) is 2.30. The zero-order valence-electron chi connectivity index (χ0n) is 13.9. The van der Waals surface area contributed by atoms with Crippen molar-refractivity contribution in [2.45, 2.75) is 0 Å². The Bertz CT molecular complexity index is 853. The molecule has 1 N–H and O–H groups in total. The molecule has 0 bridgehead atoms. The molecule has 132 valence electrons. The van der Waals surface area contributed by atoms with Crippen molar-refractivity contribution in [3.05, 3.63) is 63.2 Å². The molecule has 2 rings (SSSR count). The number of benzene rings is 2. The average molecular weight is 462 g/mol. The van der Waals surface area contributed by atoms with E-state index in [4.69, 9.17) is 14.7 Å². The van der Waals surface area contributed by atoms with Crippen molar-refractivity contribution >= 4 is 46.2 Å². The number of amides is 1. The van der Waals surface area contributed by atoms with Gasteiger partial charge in [0.25, 0.3) is 5.91 Å². The van der Waals surface area contributed by atoms with Gasteiger partial charge in [-0.3, -0.25) is 4.79 Å². The number of rotatable bonds is 6.